The Hall–Kier alpha value is -3.68. The lowest BCUT2D eigenvalue weighted by atomic mass is 10.1. The topological polar surface area (TPSA) is 67.8 Å². The molecular weight excluding hydrogens is 395 g/mol. The van der Waals surface area contributed by atoms with Crippen LogP contribution in [0.15, 0.2) is 64.9 Å². The highest BCUT2D eigenvalue weighted by Gasteiger charge is 2.34. The fraction of sp³-hybridized carbons (Fsp3) is 0.261. The molecule has 3 aromatic rings. The number of piperazine rings is 1. The summed E-state index contributed by atoms with van der Waals surface area (Å²) >= 11 is 0. The maximum absolute atomic E-state index is 13.2. The van der Waals surface area contributed by atoms with Crippen molar-refractivity contribution >= 4 is 34.3 Å². The Morgan fingerprint density at radius 2 is 1.74 bits per heavy atom. The average molecular weight is 418 g/mol. The van der Waals surface area contributed by atoms with Crippen LogP contribution in [0.25, 0.3) is 11.0 Å². The third-order valence-corrected chi connectivity index (χ3v) is 5.90. The van der Waals surface area contributed by atoms with Crippen molar-refractivity contribution < 1.29 is 9.18 Å². The molecule has 0 aliphatic carbocycles. The van der Waals surface area contributed by atoms with Gasteiger partial charge in [-0.15, -0.1) is 0 Å². The van der Waals surface area contributed by atoms with Crippen molar-refractivity contribution in [1.82, 2.24) is 14.9 Å². The standard InChI is InChI=1S/C23H23FN6O/c1-15-21(22(31)30(27-15)23-25-19-5-3-4-6-20(19)26-23)16(2)28-11-13-29(14-12-28)18-9-7-17(24)8-10-18/h3-10H,11-14H2,1-2H3,(H,25,26)/b21-16+. The quantitative estimate of drug-likeness (QED) is 0.661. The van der Waals surface area contributed by atoms with E-state index >= 15 is 0 Å². The van der Waals surface area contributed by atoms with Crippen molar-refractivity contribution in [3.8, 4) is 0 Å². The Morgan fingerprint density at radius 3 is 2.45 bits per heavy atom. The Morgan fingerprint density at radius 1 is 1.03 bits per heavy atom. The van der Waals surface area contributed by atoms with E-state index in [0.29, 0.717) is 17.2 Å². The normalized spacial score (nSPS) is 18.7. The largest absolute Gasteiger partial charge is 0.371 e. The average Bonchev–Trinajstić information content (AvgIpc) is 3.34. The van der Waals surface area contributed by atoms with Crippen molar-refractivity contribution in [2.24, 2.45) is 5.10 Å². The molecule has 5 rings (SSSR count). The molecule has 158 valence electrons. The molecule has 31 heavy (non-hydrogen) atoms. The first kappa shape index (κ1) is 19.3. The molecule has 0 bridgehead atoms. The molecule has 1 fully saturated rings. The number of nitrogens with one attached hydrogen (secondary N) is 1. The van der Waals surface area contributed by atoms with Crippen LogP contribution in [0.5, 0.6) is 0 Å². The number of allylic oxidation sites excluding steroid dienone is 1. The first-order chi connectivity index (χ1) is 15.0. The predicted molar refractivity (Wildman–Crippen MR) is 120 cm³/mol. The molecule has 2 aliphatic rings. The smallest absolute Gasteiger partial charge is 0.285 e. The van der Waals surface area contributed by atoms with Crippen molar-refractivity contribution in [2.45, 2.75) is 13.8 Å². The summed E-state index contributed by atoms with van der Waals surface area (Å²) in [6.45, 7) is 6.98. The van der Waals surface area contributed by atoms with Crippen LogP contribution < -0.4 is 9.91 Å². The van der Waals surface area contributed by atoms with Gasteiger partial charge in [-0.05, 0) is 50.2 Å². The molecule has 0 spiro atoms. The predicted octanol–water partition coefficient (Wildman–Crippen LogP) is 3.52. The van der Waals surface area contributed by atoms with Gasteiger partial charge in [0.1, 0.15) is 5.82 Å². The Kier molecular flexibility index (Phi) is 4.69. The van der Waals surface area contributed by atoms with E-state index in [2.05, 4.69) is 24.9 Å². The number of hydrogen-bond donors (Lipinski definition) is 1. The Balaban J connectivity index is 1.34. The fourth-order valence-corrected chi connectivity index (χ4v) is 4.22. The summed E-state index contributed by atoms with van der Waals surface area (Å²) < 4.78 is 13.2. The molecule has 2 aliphatic heterocycles. The number of fused-ring (bicyclic) bond motifs is 1. The van der Waals surface area contributed by atoms with E-state index in [9.17, 15) is 9.18 Å². The number of benzene rings is 2. The minimum atomic E-state index is -0.230. The van der Waals surface area contributed by atoms with Gasteiger partial charge in [-0.3, -0.25) is 4.79 Å². The molecule has 7 nitrogen and oxygen atoms in total. The zero-order valence-electron chi connectivity index (χ0n) is 17.5. The van der Waals surface area contributed by atoms with Crippen LogP contribution in [0.3, 0.4) is 0 Å². The lowest BCUT2D eigenvalue weighted by Gasteiger charge is -2.38. The molecule has 8 heteroatoms. The number of para-hydroxylation sites is 2. The van der Waals surface area contributed by atoms with Crippen LogP contribution in [-0.2, 0) is 4.79 Å². The molecule has 3 heterocycles. The van der Waals surface area contributed by atoms with E-state index in [1.54, 1.807) is 12.1 Å². The van der Waals surface area contributed by atoms with Gasteiger partial charge < -0.3 is 14.8 Å². The summed E-state index contributed by atoms with van der Waals surface area (Å²) in [6, 6.07) is 14.2. The van der Waals surface area contributed by atoms with Crippen LogP contribution in [0, 0.1) is 5.82 Å². The van der Waals surface area contributed by atoms with Gasteiger partial charge in [0, 0.05) is 37.6 Å². The number of halogens is 1. The Labute approximate surface area is 179 Å². The SMILES string of the molecule is CC1=NN(c2nc3ccccc3[nH]2)C(=O)/C1=C(\C)N1CCN(c2ccc(F)cc2)CC1. The van der Waals surface area contributed by atoms with Gasteiger partial charge in [0.15, 0.2) is 0 Å². The molecule has 0 radical (unpaired) electrons. The third kappa shape index (κ3) is 3.43. The van der Waals surface area contributed by atoms with Crippen molar-refractivity contribution in [3.05, 3.63) is 65.6 Å². The zero-order chi connectivity index (χ0) is 21.5. The van der Waals surface area contributed by atoms with Gasteiger partial charge in [0.05, 0.1) is 22.3 Å². The molecule has 1 N–H and O–H groups in total. The molecule has 1 saturated heterocycles. The summed E-state index contributed by atoms with van der Waals surface area (Å²) in [6.07, 6.45) is 0. The summed E-state index contributed by atoms with van der Waals surface area (Å²) in [5.41, 5.74) is 4.90. The molecule has 0 saturated carbocycles. The van der Waals surface area contributed by atoms with E-state index in [1.165, 1.54) is 17.1 Å². The number of aromatic amines is 1. The highest BCUT2D eigenvalue weighted by molar-refractivity contribution is 6.29. The number of H-pyrrole nitrogens is 1. The fourth-order valence-electron chi connectivity index (χ4n) is 4.22. The van der Waals surface area contributed by atoms with E-state index in [0.717, 1.165) is 48.6 Å². The van der Waals surface area contributed by atoms with E-state index < -0.39 is 0 Å². The number of carbonyl (C=O) groups excluding carboxylic acids is 1. The van der Waals surface area contributed by atoms with Gasteiger partial charge in [-0.25, -0.2) is 9.37 Å². The molecular formula is C23H23FN6O. The molecule has 1 amide bonds. The van der Waals surface area contributed by atoms with Gasteiger partial charge in [0.25, 0.3) is 5.91 Å². The van der Waals surface area contributed by atoms with Crippen LogP contribution in [0.4, 0.5) is 16.0 Å². The monoisotopic (exact) mass is 418 g/mol. The van der Waals surface area contributed by atoms with Gasteiger partial charge in [-0.2, -0.15) is 10.1 Å². The second kappa shape index (κ2) is 7.54. The maximum Gasteiger partial charge on any atom is 0.285 e. The zero-order valence-corrected chi connectivity index (χ0v) is 17.5. The lowest BCUT2D eigenvalue weighted by molar-refractivity contribution is -0.114. The van der Waals surface area contributed by atoms with Crippen LogP contribution in [0.2, 0.25) is 0 Å². The number of amides is 1. The number of anilines is 2. The van der Waals surface area contributed by atoms with Gasteiger partial charge >= 0.3 is 0 Å². The summed E-state index contributed by atoms with van der Waals surface area (Å²) in [7, 11) is 0. The van der Waals surface area contributed by atoms with Crippen LogP contribution in [0.1, 0.15) is 13.8 Å². The van der Waals surface area contributed by atoms with E-state index in [1.807, 2.05) is 38.1 Å². The molecule has 0 unspecified atom stereocenters. The second-order valence-corrected chi connectivity index (χ2v) is 7.79. The highest BCUT2D eigenvalue weighted by Crippen LogP contribution is 2.27. The van der Waals surface area contributed by atoms with E-state index in [4.69, 9.17) is 0 Å². The molecule has 1 aromatic heterocycles. The molecule has 0 atom stereocenters. The highest BCUT2D eigenvalue weighted by atomic mass is 19.1. The number of hydrazone groups is 1. The molecule has 2 aromatic carbocycles. The maximum atomic E-state index is 13.2. The van der Waals surface area contributed by atoms with Crippen molar-refractivity contribution in [2.75, 3.05) is 36.1 Å². The number of nitrogens with zero attached hydrogens (tertiary/aromatic N) is 5. The number of imidazole rings is 1. The summed E-state index contributed by atoms with van der Waals surface area (Å²) in [5, 5.41) is 5.83. The Bertz CT molecular complexity index is 1170. The third-order valence-electron chi connectivity index (χ3n) is 5.90. The number of rotatable bonds is 3. The first-order valence-corrected chi connectivity index (χ1v) is 10.3. The van der Waals surface area contributed by atoms with Gasteiger partial charge in [-0.1, -0.05) is 12.1 Å². The minimum absolute atomic E-state index is 0.171. The number of hydrogen-bond acceptors (Lipinski definition) is 5. The van der Waals surface area contributed by atoms with Gasteiger partial charge in [0.2, 0.25) is 5.95 Å². The first-order valence-electron chi connectivity index (χ1n) is 10.3. The van der Waals surface area contributed by atoms with E-state index in [-0.39, 0.29) is 11.7 Å². The summed E-state index contributed by atoms with van der Waals surface area (Å²) in [5.74, 6) is 0.0241. The minimum Gasteiger partial charge on any atom is -0.371 e. The van der Waals surface area contributed by atoms with Crippen molar-refractivity contribution in [1.29, 1.82) is 0 Å². The summed E-state index contributed by atoms with van der Waals surface area (Å²) in [4.78, 5) is 25.3. The lowest BCUT2D eigenvalue weighted by Crippen LogP contribution is -2.46. The second-order valence-electron chi connectivity index (χ2n) is 7.79. The van der Waals surface area contributed by atoms with Crippen LogP contribution >= 0.6 is 0 Å². The van der Waals surface area contributed by atoms with Crippen molar-refractivity contribution in [3.63, 3.8) is 0 Å². The number of aromatic nitrogens is 2. The van der Waals surface area contributed by atoms with Crippen LogP contribution in [-0.4, -0.2) is 52.7 Å². The number of carbonyl (C=O) groups is 1.